The van der Waals surface area contributed by atoms with Gasteiger partial charge < -0.3 is 49.1 Å². The summed E-state index contributed by atoms with van der Waals surface area (Å²) in [7, 11) is -7.86. The number of phenolic OH excluding ortho intramolecular Hbond substituents is 1. The summed E-state index contributed by atoms with van der Waals surface area (Å²) in [5.41, 5.74) is 3.38. The van der Waals surface area contributed by atoms with Crippen LogP contribution < -0.4 is 0 Å². The Morgan fingerprint density at radius 1 is 0.821 bits per heavy atom. The van der Waals surface area contributed by atoms with Gasteiger partial charge in [-0.3, -0.25) is 0 Å². The Kier molecular flexibility index (Phi) is 19.5. The summed E-state index contributed by atoms with van der Waals surface area (Å²) >= 11 is 0. The SMILES string of the molecule is CCC(C)c1cc(C)c(O)c(C(C)(C)C)c1.OP(O)O.OP(O)O.OP(O)O. The maximum atomic E-state index is 10.1. The second-order valence-corrected chi connectivity index (χ2v) is 8.21. The first-order valence-electron chi connectivity index (χ1n) is 7.91. The highest BCUT2D eigenvalue weighted by molar-refractivity contribution is 7.38. The molecule has 28 heavy (non-hydrogen) atoms. The Morgan fingerprint density at radius 2 is 1.14 bits per heavy atom. The molecule has 0 bridgehead atoms. The van der Waals surface area contributed by atoms with E-state index >= 15 is 0 Å². The fourth-order valence-corrected chi connectivity index (χ4v) is 1.90. The largest absolute Gasteiger partial charge is 0.507 e. The van der Waals surface area contributed by atoms with E-state index in [1.54, 1.807) is 0 Å². The van der Waals surface area contributed by atoms with Crippen molar-refractivity contribution in [3.05, 3.63) is 28.8 Å². The van der Waals surface area contributed by atoms with Gasteiger partial charge in [0.05, 0.1) is 0 Å². The molecule has 1 atom stereocenters. The molecule has 0 aliphatic rings. The van der Waals surface area contributed by atoms with Crippen LogP contribution in [0, 0.1) is 6.92 Å². The lowest BCUT2D eigenvalue weighted by atomic mass is 9.82. The minimum Gasteiger partial charge on any atom is -0.507 e. The van der Waals surface area contributed by atoms with Crippen molar-refractivity contribution >= 4 is 25.8 Å². The van der Waals surface area contributed by atoms with E-state index in [4.69, 9.17) is 44.0 Å². The molecule has 0 fully saturated rings. The predicted octanol–water partition coefficient (Wildman–Crippen LogP) is 2.08. The highest BCUT2D eigenvalue weighted by atomic mass is 31.2. The summed E-state index contributed by atoms with van der Waals surface area (Å²) < 4.78 is 0. The van der Waals surface area contributed by atoms with Crippen molar-refractivity contribution in [2.45, 2.75) is 59.3 Å². The number of rotatable bonds is 2. The fourth-order valence-electron chi connectivity index (χ4n) is 1.90. The van der Waals surface area contributed by atoms with Gasteiger partial charge in [0.25, 0.3) is 0 Å². The smallest absolute Gasteiger partial charge is 0.324 e. The van der Waals surface area contributed by atoms with Crippen molar-refractivity contribution in [2.75, 3.05) is 0 Å². The number of aryl methyl sites for hydroxylation is 1. The van der Waals surface area contributed by atoms with E-state index in [2.05, 4.69) is 46.8 Å². The van der Waals surface area contributed by atoms with Crippen LogP contribution in [0.15, 0.2) is 12.1 Å². The zero-order valence-electron chi connectivity index (χ0n) is 16.8. The first-order valence-corrected chi connectivity index (χ1v) is 11.5. The number of benzene rings is 1. The Labute approximate surface area is 169 Å². The van der Waals surface area contributed by atoms with Gasteiger partial charge in [-0.15, -0.1) is 0 Å². The van der Waals surface area contributed by atoms with Crippen molar-refractivity contribution in [3.63, 3.8) is 0 Å². The Hall–Kier alpha value is -0.0500. The molecule has 1 rings (SSSR count). The van der Waals surface area contributed by atoms with E-state index in [1.165, 1.54) is 5.56 Å². The predicted molar refractivity (Wildman–Crippen MR) is 111 cm³/mol. The summed E-state index contributed by atoms with van der Waals surface area (Å²) in [4.78, 5) is 65.1. The van der Waals surface area contributed by atoms with Gasteiger partial charge in [0.15, 0.2) is 0 Å². The summed E-state index contributed by atoms with van der Waals surface area (Å²) in [5, 5.41) is 10.1. The van der Waals surface area contributed by atoms with E-state index < -0.39 is 25.8 Å². The van der Waals surface area contributed by atoms with E-state index in [9.17, 15) is 5.11 Å². The highest BCUT2D eigenvalue weighted by Gasteiger charge is 2.21. The first-order chi connectivity index (χ1) is 12.5. The molecule has 0 radical (unpaired) electrons. The lowest BCUT2D eigenvalue weighted by Gasteiger charge is -2.24. The van der Waals surface area contributed by atoms with Crippen LogP contribution in [0.2, 0.25) is 0 Å². The van der Waals surface area contributed by atoms with Crippen LogP contribution in [0.25, 0.3) is 0 Å². The number of aromatic hydroxyl groups is 1. The fraction of sp³-hybridized carbons (Fsp3) is 0.600. The van der Waals surface area contributed by atoms with Crippen LogP contribution in [0.4, 0.5) is 0 Å². The summed E-state index contributed by atoms with van der Waals surface area (Å²) in [5.74, 6) is 1.01. The van der Waals surface area contributed by atoms with Gasteiger partial charge in [-0.2, -0.15) is 0 Å². The Bertz CT molecular complexity index is 499. The molecule has 1 unspecified atom stereocenters. The quantitative estimate of drug-likeness (QED) is 0.288. The molecular formula is C15H33O10P3. The second kappa shape index (κ2) is 16.7. The Morgan fingerprint density at radius 3 is 1.39 bits per heavy atom. The average molecular weight is 466 g/mol. The number of phenols is 1. The second-order valence-electron chi connectivity index (χ2n) is 6.60. The van der Waals surface area contributed by atoms with Crippen LogP contribution >= 0.6 is 25.8 Å². The van der Waals surface area contributed by atoms with Crippen molar-refractivity contribution in [1.29, 1.82) is 0 Å². The van der Waals surface area contributed by atoms with Gasteiger partial charge in [0, 0.05) is 0 Å². The van der Waals surface area contributed by atoms with Gasteiger partial charge in [0.2, 0.25) is 0 Å². The van der Waals surface area contributed by atoms with Crippen molar-refractivity contribution in [2.24, 2.45) is 0 Å². The molecule has 10 nitrogen and oxygen atoms in total. The average Bonchev–Trinajstić information content (AvgIpc) is 2.46. The highest BCUT2D eigenvalue weighted by Crippen LogP contribution is 2.36. The van der Waals surface area contributed by atoms with E-state index in [-0.39, 0.29) is 5.41 Å². The minimum absolute atomic E-state index is 0.00167. The molecule has 1 aromatic carbocycles. The zero-order chi connectivity index (χ0) is 23.2. The van der Waals surface area contributed by atoms with E-state index in [1.807, 2.05) is 6.92 Å². The molecule has 0 aromatic heterocycles. The normalized spacial score (nSPS) is 11.8. The van der Waals surface area contributed by atoms with Gasteiger partial charge >= 0.3 is 25.8 Å². The molecule has 0 saturated carbocycles. The molecular weight excluding hydrogens is 433 g/mol. The third-order valence-corrected chi connectivity index (χ3v) is 3.31. The lowest BCUT2D eigenvalue weighted by Crippen LogP contribution is -2.13. The zero-order valence-corrected chi connectivity index (χ0v) is 19.4. The molecule has 0 aliphatic heterocycles. The van der Waals surface area contributed by atoms with E-state index in [0.29, 0.717) is 11.7 Å². The summed E-state index contributed by atoms with van der Waals surface area (Å²) in [6.45, 7) is 12.8. The topological polar surface area (TPSA) is 202 Å². The van der Waals surface area contributed by atoms with Gasteiger partial charge in [-0.05, 0) is 41.4 Å². The van der Waals surface area contributed by atoms with Gasteiger partial charge in [-0.1, -0.05) is 46.8 Å². The molecule has 0 heterocycles. The third kappa shape index (κ3) is 20.7. The van der Waals surface area contributed by atoms with Gasteiger partial charge in [-0.25, -0.2) is 0 Å². The lowest BCUT2D eigenvalue weighted by molar-refractivity contribution is 0.366. The molecule has 0 saturated heterocycles. The maximum Gasteiger partial charge on any atom is 0.324 e. The molecule has 0 spiro atoms. The first kappa shape index (κ1) is 32.6. The third-order valence-electron chi connectivity index (χ3n) is 3.31. The standard InChI is InChI=1S/C15H24O.3H3O3P/c1-7-10(2)12-8-11(3)14(16)13(9-12)15(4,5)6;3*1-4(2)3/h8-10,16H,7H2,1-6H3;3*1-3H. The van der Waals surface area contributed by atoms with Crippen LogP contribution in [0.3, 0.4) is 0 Å². The van der Waals surface area contributed by atoms with Crippen LogP contribution in [-0.2, 0) is 5.41 Å². The van der Waals surface area contributed by atoms with Crippen molar-refractivity contribution in [3.8, 4) is 5.75 Å². The van der Waals surface area contributed by atoms with E-state index in [0.717, 1.165) is 17.5 Å². The van der Waals surface area contributed by atoms with Gasteiger partial charge in [0.1, 0.15) is 5.75 Å². The molecule has 0 aliphatic carbocycles. The van der Waals surface area contributed by atoms with Crippen molar-refractivity contribution in [1.82, 2.24) is 0 Å². The van der Waals surface area contributed by atoms with Crippen molar-refractivity contribution < 1.29 is 49.1 Å². The molecule has 1 aromatic rings. The monoisotopic (exact) mass is 466 g/mol. The summed E-state index contributed by atoms with van der Waals surface area (Å²) in [6, 6.07) is 4.27. The van der Waals surface area contributed by atoms with Crippen LogP contribution in [0.5, 0.6) is 5.75 Å². The Balaban J connectivity index is -0.000000427. The van der Waals surface area contributed by atoms with Crippen LogP contribution in [0.1, 0.15) is 63.6 Å². The maximum absolute atomic E-state index is 10.1. The molecule has 13 heteroatoms. The summed E-state index contributed by atoms with van der Waals surface area (Å²) in [6.07, 6.45) is 1.13. The number of hydrogen-bond acceptors (Lipinski definition) is 10. The number of hydrogen-bond donors (Lipinski definition) is 10. The molecule has 0 amide bonds. The molecule has 168 valence electrons. The molecule has 10 N–H and O–H groups in total. The van der Waals surface area contributed by atoms with Crippen LogP contribution in [-0.4, -0.2) is 49.1 Å². The minimum atomic E-state index is -2.62.